The molecule has 0 radical (unpaired) electrons. The summed E-state index contributed by atoms with van der Waals surface area (Å²) in [6.45, 7) is 10.8. The third-order valence-electron chi connectivity index (χ3n) is 3.11. The van der Waals surface area contributed by atoms with Gasteiger partial charge in [0.1, 0.15) is 0 Å². The summed E-state index contributed by atoms with van der Waals surface area (Å²) >= 11 is 0. The fraction of sp³-hybridized carbons (Fsp3) is 1.00. The highest BCUT2D eigenvalue weighted by atomic mass is 16.3. The van der Waals surface area contributed by atoms with Gasteiger partial charge in [-0.05, 0) is 40.2 Å². The Labute approximate surface area is 101 Å². The zero-order chi connectivity index (χ0) is 12.6. The maximum Gasteiger partial charge on any atom is 0.0608 e. The summed E-state index contributed by atoms with van der Waals surface area (Å²) < 4.78 is 0. The molecular formula is C13H30N2O. The van der Waals surface area contributed by atoms with Crippen molar-refractivity contribution in [2.24, 2.45) is 5.73 Å². The van der Waals surface area contributed by atoms with Crippen molar-refractivity contribution < 1.29 is 5.11 Å². The summed E-state index contributed by atoms with van der Waals surface area (Å²) in [5, 5.41) is 9.12. The first-order valence-electron chi connectivity index (χ1n) is 6.56. The molecule has 0 aliphatic rings. The lowest BCUT2D eigenvalue weighted by molar-refractivity contribution is 0.157. The monoisotopic (exact) mass is 230 g/mol. The van der Waals surface area contributed by atoms with Crippen molar-refractivity contribution in [3.05, 3.63) is 0 Å². The van der Waals surface area contributed by atoms with Gasteiger partial charge in [0.2, 0.25) is 0 Å². The highest BCUT2D eigenvalue weighted by molar-refractivity contribution is 4.79. The van der Waals surface area contributed by atoms with Crippen LogP contribution in [0.5, 0.6) is 0 Å². The van der Waals surface area contributed by atoms with E-state index in [1.807, 2.05) is 6.92 Å². The van der Waals surface area contributed by atoms with Gasteiger partial charge < -0.3 is 15.7 Å². The number of aliphatic hydroxyl groups excluding tert-OH is 1. The maximum absolute atomic E-state index is 9.12. The highest BCUT2D eigenvalue weighted by Crippen LogP contribution is 2.10. The molecule has 1 unspecified atom stereocenters. The fourth-order valence-corrected chi connectivity index (χ4v) is 1.67. The average molecular weight is 230 g/mol. The minimum absolute atomic E-state index is 0.0634. The molecule has 0 saturated heterocycles. The van der Waals surface area contributed by atoms with E-state index in [4.69, 9.17) is 10.8 Å². The molecular weight excluding hydrogens is 200 g/mol. The van der Waals surface area contributed by atoms with Crippen LogP contribution in [0.4, 0.5) is 0 Å². The Bertz CT molecular complexity index is 169. The lowest BCUT2D eigenvalue weighted by atomic mass is 10.00. The number of aliphatic hydroxyl groups is 1. The molecule has 0 rings (SSSR count). The predicted octanol–water partition coefficient (Wildman–Crippen LogP) is 1.99. The number of hydrogen-bond acceptors (Lipinski definition) is 3. The zero-order valence-corrected chi connectivity index (χ0v) is 11.5. The van der Waals surface area contributed by atoms with Gasteiger partial charge in [0.15, 0.2) is 0 Å². The maximum atomic E-state index is 9.12. The molecule has 0 aliphatic heterocycles. The molecule has 3 heteroatoms. The van der Waals surface area contributed by atoms with E-state index >= 15 is 0 Å². The van der Waals surface area contributed by atoms with Crippen LogP contribution in [-0.2, 0) is 0 Å². The first kappa shape index (κ1) is 15.9. The zero-order valence-electron chi connectivity index (χ0n) is 11.5. The van der Waals surface area contributed by atoms with Gasteiger partial charge in [0.25, 0.3) is 0 Å². The Morgan fingerprint density at radius 3 is 2.31 bits per heavy atom. The Hall–Kier alpha value is -0.120. The molecule has 3 nitrogen and oxygen atoms in total. The minimum Gasteiger partial charge on any atom is -0.394 e. The van der Waals surface area contributed by atoms with E-state index in [2.05, 4.69) is 25.7 Å². The molecule has 0 heterocycles. The Kier molecular flexibility index (Phi) is 7.98. The third-order valence-corrected chi connectivity index (χ3v) is 3.11. The van der Waals surface area contributed by atoms with Gasteiger partial charge in [0.05, 0.1) is 6.61 Å². The van der Waals surface area contributed by atoms with Gasteiger partial charge in [-0.25, -0.2) is 0 Å². The molecule has 16 heavy (non-hydrogen) atoms. The van der Waals surface area contributed by atoms with Crippen molar-refractivity contribution in [3.63, 3.8) is 0 Å². The molecule has 0 aliphatic carbocycles. The quantitative estimate of drug-likeness (QED) is 0.596. The second kappa shape index (κ2) is 8.04. The predicted molar refractivity (Wildman–Crippen MR) is 70.5 cm³/mol. The molecule has 0 fully saturated rings. The van der Waals surface area contributed by atoms with E-state index in [-0.39, 0.29) is 6.61 Å². The first-order chi connectivity index (χ1) is 7.43. The molecule has 98 valence electrons. The largest absolute Gasteiger partial charge is 0.394 e. The van der Waals surface area contributed by atoms with Crippen LogP contribution in [0.1, 0.15) is 53.4 Å². The Balaban J connectivity index is 3.94. The van der Waals surface area contributed by atoms with Crippen LogP contribution in [0.3, 0.4) is 0 Å². The molecule has 0 amide bonds. The smallest absolute Gasteiger partial charge is 0.0608 e. The van der Waals surface area contributed by atoms with Crippen LogP contribution in [0.25, 0.3) is 0 Å². The van der Waals surface area contributed by atoms with Gasteiger partial charge in [-0.2, -0.15) is 0 Å². The van der Waals surface area contributed by atoms with Gasteiger partial charge in [-0.3, -0.25) is 0 Å². The van der Waals surface area contributed by atoms with Gasteiger partial charge >= 0.3 is 0 Å². The lowest BCUT2D eigenvalue weighted by Crippen LogP contribution is -2.44. The van der Waals surface area contributed by atoms with Crippen molar-refractivity contribution in [1.29, 1.82) is 0 Å². The molecule has 0 saturated carbocycles. The Morgan fingerprint density at radius 1 is 1.25 bits per heavy atom. The second-order valence-electron chi connectivity index (χ2n) is 5.40. The number of hydrogen-bond donors (Lipinski definition) is 2. The van der Waals surface area contributed by atoms with Gasteiger partial charge in [0, 0.05) is 18.1 Å². The van der Waals surface area contributed by atoms with Crippen molar-refractivity contribution in [2.45, 2.75) is 65.0 Å². The van der Waals surface area contributed by atoms with E-state index < -0.39 is 5.54 Å². The summed E-state index contributed by atoms with van der Waals surface area (Å²) in [7, 11) is 0. The molecule has 0 spiro atoms. The molecule has 0 aromatic carbocycles. The van der Waals surface area contributed by atoms with E-state index in [0.29, 0.717) is 6.04 Å². The van der Waals surface area contributed by atoms with Crippen molar-refractivity contribution in [2.75, 3.05) is 19.7 Å². The highest BCUT2D eigenvalue weighted by Gasteiger charge is 2.19. The summed E-state index contributed by atoms with van der Waals surface area (Å²) in [5.74, 6) is 0. The van der Waals surface area contributed by atoms with E-state index in [1.54, 1.807) is 0 Å². The second-order valence-corrected chi connectivity index (χ2v) is 5.40. The number of nitrogens with two attached hydrogens (primary N) is 1. The molecule has 1 atom stereocenters. The van der Waals surface area contributed by atoms with Crippen LogP contribution < -0.4 is 5.73 Å². The van der Waals surface area contributed by atoms with Crippen LogP contribution in [-0.4, -0.2) is 41.3 Å². The summed E-state index contributed by atoms with van der Waals surface area (Å²) in [5.41, 5.74) is 5.51. The molecule has 0 aromatic rings. The number of unbranched alkanes of at least 4 members (excludes halogenated alkanes) is 2. The van der Waals surface area contributed by atoms with Crippen molar-refractivity contribution >= 4 is 0 Å². The van der Waals surface area contributed by atoms with Crippen LogP contribution in [0, 0.1) is 0 Å². The van der Waals surface area contributed by atoms with Crippen LogP contribution in [0.2, 0.25) is 0 Å². The van der Waals surface area contributed by atoms with Crippen LogP contribution >= 0.6 is 0 Å². The number of rotatable bonds is 9. The van der Waals surface area contributed by atoms with Gasteiger partial charge in [-0.1, -0.05) is 19.8 Å². The average Bonchev–Trinajstić information content (AvgIpc) is 2.22. The third kappa shape index (κ3) is 7.20. The fourth-order valence-electron chi connectivity index (χ4n) is 1.67. The normalized spacial score (nSPS) is 15.8. The summed E-state index contributed by atoms with van der Waals surface area (Å²) in [4.78, 5) is 2.45. The van der Waals surface area contributed by atoms with E-state index in [0.717, 1.165) is 19.5 Å². The van der Waals surface area contributed by atoms with E-state index in [9.17, 15) is 0 Å². The Morgan fingerprint density at radius 2 is 1.88 bits per heavy atom. The SMILES string of the molecule is CCCCCN(CCC(C)(N)CO)C(C)C. The van der Waals surface area contributed by atoms with Crippen LogP contribution in [0.15, 0.2) is 0 Å². The topological polar surface area (TPSA) is 49.5 Å². The summed E-state index contributed by atoms with van der Waals surface area (Å²) in [6, 6.07) is 0.561. The van der Waals surface area contributed by atoms with E-state index in [1.165, 1.54) is 19.3 Å². The van der Waals surface area contributed by atoms with Gasteiger partial charge in [-0.15, -0.1) is 0 Å². The van der Waals surface area contributed by atoms with Crippen molar-refractivity contribution in [3.8, 4) is 0 Å². The standard InChI is InChI=1S/C13H30N2O/c1-5-6-7-9-15(12(2)3)10-8-13(4,14)11-16/h12,16H,5-11,14H2,1-4H3. The lowest BCUT2D eigenvalue weighted by Gasteiger charge is -2.30. The first-order valence-corrected chi connectivity index (χ1v) is 6.56. The molecule has 0 bridgehead atoms. The number of nitrogens with zero attached hydrogens (tertiary/aromatic N) is 1. The molecule has 0 aromatic heterocycles. The minimum atomic E-state index is -0.433. The molecule has 3 N–H and O–H groups in total. The van der Waals surface area contributed by atoms with Crippen molar-refractivity contribution in [1.82, 2.24) is 4.90 Å². The summed E-state index contributed by atoms with van der Waals surface area (Å²) in [6.07, 6.45) is 4.67.